The average molecular weight is 237 g/mol. The Morgan fingerprint density at radius 1 is 1.41 bits per heavy atom. The summed E-state index contributed by atoms with van der Waals surface area (Å²) >= 11 is 0. The van der Waals surface area contributed by atoms with Crippen molar-refractivity contribution >= 4 is 5.97 Å². The van der Waals surface area contributed by atoms with Crippen molar-refractivity contribution in [2.24, 2.45) is 0 Å². The van der Waals surface area contributed by atoms with E-state index in [1.54, 1.807) is 0 Å². The summed E-state index contributed by atoms with van der Waals surface area (Å²) in [6.07, 6.45) is 0.0283. The molecule has 0 spiro atoms. The van der Waals surface area contributed by atoms with E-state index in [0.717, 1.165) is 11.1 Å². The third-order valence-corrected chi connectivity index (χ3v) is 2.56. The summed E-state index contributed by atoms with van der Waals surface area (Å²) in [7, 11) is 1.28. The quantitative estimate of drug-likeness (QED) is 0.445. The zero-order valence-corrected chi connectivity index (χ0v) is 9.88. The number of rotatable bonds is 5. The lowest BCUT2D eigenvalue weighted by atomic mass is 9.95. The predicted molar refractivity (Wildman–Crippen MR) is 62.4 cm³/mol. The van der Waals surface area contributed by atoms with Crippen LogP contribution in [0, 0.1) is 17.0 Å². The average Bonchev–Trinajstić information content (AvgIpc) is 2.28. The van der Waals surface area contributed by atoms with Gasteiger partial charge in [0.2, 0.25) is 6.54 Å². The van der Waals surface area contributed by atoms with Gasteiger partial charge in [-0.3, -0.25) is 14.9 Å². The molecule has 0 saturated carbocycles. The van der Waals surface area contributed by atoms with Crippen molar-refractivity contribution in [3.8, 4) is 0 Å². The lowest BCUT2D eigenvalue weighted by Gasteiger charge is -2.12. The number of esters is 1. The molecule has 0 aliphatic rings. The van der Waals surface area contributed by atoms with E-state index < -0.39 is 16.8 Å². The predicted octanol–water partition coefficient (Wildman–Crippen LogP) is 1.92. The molecule has 92 valence electrons. The Morgan fingerprint density at radius 3 is 2.47 bits per heavy atom. The monoisotopic (exact) mass is 237 g/mol. The Morgan fingerprint density at radius 2 is 2.00 bits per heavy atom. The third-order valence-electron chi connectivity index (χ3n) is 2.56. The Labute approximate surface area is 99.5 Å². The molecule has 0 amide bonds. The van der Waals surface area contributed by atoms with Crippen LogP contribution in [-0.4, -0.2) is 24.5 Å². The van der Waals surface area contributed by atoms with Gasteiger partial charge in [0.25, 0.3) is 0 Å². The fourth-order valence-electron chi connectivity index (χ4n) is 1.59. The number of benzene rings is 1. The number of methoxy groups -OCH3 is 1. The van der Waals surface area contributed by atoms with Crippen molar-refractivity contribution in [2.45, 2.75) is 19.3 Å². The van der Waals surface area contributed by atoms with Gasteiger partial charge in [0.15, 0.2) is 0 Å². The first-order chi connectivity index (χ1) is 8.02. The van der Waals surface area contributed by atoms with Crippen LogP contribution in [0.4, 0.5) is 0 Å². The molecule has 0 aromatic heterocycles. The fraction of sp³-hybridized carbons (Fsp3) is 0.417. The van der Waals surface area contributed by atoms with Crippen LogP contribution in [0.25, 0.3) is 0 Å². The van der Waals surface area contributed by atoms with Gasteiger partial charge in [0, 0.05) is 4.92 Å². The number of hydrogen-bond acceptors (Lipinski definition) is 4. The van der Waals surface area contributed by atoms with Crippen LogP contribution >= 0.6 is 0 Å². The first-order valence-electron chi connectivity index (χ1n) is 5.28. The van der Waals surface area contributed by atoms with Crippen molar-refractivity contribution < 1.29 is 14.5 Å². The third kappa shape index (κ3) is 4.22. The van der Waals surface area contributed by atoms with Crippen LogP contribution in [0.1, 0.15) is 23.5 Å². The number of aryl methyl sites for hydroxylation is 1. The van der Waals surface area contributed by atoms with Gasteiger partial charge < -0.3 is 4.74 Å². The minimum absolute atomic E-state index is 0.0283. The van der Waals surface area contributed by atoms with Crippen LogP contribution in [0.5, 0.6) is 0 Å². The maximum atomic E-state index is 11.2. The molecule has 0 aliphatic carbocycles. The number of ether oxygens (including phenoxy) is 1. The molecule has 17 heavy (non-hydrogen) atoms. The van der Waals surface area contributed by atoms with E-state index >= 15 is 0 Å². The van der Waals surface area contributed by atoms with Crippen molar-refractivity contribution in [3.63, 3.8) is 0 Å². The van der Waals surface area contributed by atoms with Gasteiger partial charge in [-0.25, -0.2) is 0 Å². The van der Waals surface area contributed by atoms with Gasteiger partial charge in [-0.1, -0.05) is 29.8 Å². The van der Waals surface area contributed by atoms with Crippen LogP contribution in [-0.2, 0) is 9.53 Å². The van der Waals surface area contributed by atoms with Crippen molar-refractivity contribution in [3.05, 3.63) is 45.5 Å². The molecule has 5 heteroatoms. The Bertz CT molecular complexity index is 399. The molecule has 0 fully saturated rings. The molecule has 5 nitrogen and oxygen atoms in total. The van der Waals surface area contributed by atoms with Crippen LogP contribution in [0.15, 0.2) is 24.3 Å². The normalized spacial score (nSPS) is 11.9. The van der Waals surface area contributed by atoms with Crippen LogP contribution in [0.3, 0.4) is 0 Å². The van der Waals surface area contributed by atoms with Gasteiger partial charge in [0.1, 0.15) is 0 Å². The highest BCUT2D eigenvalue weighted by molar-refractivity contribution is 5.70. The summed E-state index contributed by atoms with van der Waals surface area (Å²) in [5.41, 5.74) is 1.87. The standard InChI is InChI=1S/C12H15NO4/c1-9-3-5-10(6-4-9)11(8-13(15)16)7-12(14)17-2/h3-6,11H,7-8H2,1-2H3. The first kappa shape index (κ1) is 13.2. The maximum absolute atomic E-state index is 11.2. The maximum Gasteiger partial charge on any atom is 0.306 e. The summed E-state index contributed by atoms with van der Waals surface area (Å²) < 4.78 is 4.55. The summed E-state index contributed by atoms with van der Waals surface area (Å²) in [5.74, 6) is -0.865. The first-order valence-corrected chi connectivity index (χ1v) is 5.28. The summed E-state index contributed by atoms with van der Waals surface area (Å²) in [4.78, 5) is 21.4. The molecule has 0 N–H and O–H groups in total. The fourth-order valence-corrected chi connectivity index (χ4v) is 1.59. The molecular formula is C12H15NO4. The number of nitrogens with zero attached hydrogens (tertiary/aromatic N) is 1. The highest BCUT2D eigenvalue weighted by atomic mass is 16.6. The number of hydrogen-bond donors (Lipinski definition) is 0. The van der Waals surface area contributed by atoms with Crippen molar-refractivity contribution in [1.29, 1.82) is 0 Å². The second kappa shape index (κ2) is 5.98. The minimum atomic E-state index is -0.433. The molecule has 0 heterocycles. The van der Waals surface area contributed by atoms with Gasteiger partial charge in [-0.15, -0.1) is 0 Å². The molecule has 0 bridgehead atoms. The number of nitro groups is 1. The molecule has 1 unspecified atom stereocenters. The molecule has 0 saturated heterocycles. The zero-order chi connectivity index (χ0) is 12.8. The molecule has 1 aromatic carbocycles. The summed E-state index contributed by atoms with van der Waals surface area (Å²) in [5, 5.41) is 10.6. The van der Waals surface area contributed by atoms with Gasteiger partial charge in [-0.2, -0.15) is 0 Å². The molecular weight excluding hydrogens is 222 g/mol. The number of carbonyl (C=O) groups excluding carboxylic acids is 1. The highest BCUT2D eigenvalue weighted by Crippen LogP contribution is 2.21. The lowest BCUT2D eigenvalue weighted by molar-refractivity contribution is -0.483. The molecule has 0 aliphatic heterocycles. The van der Waals surface area contributed by atoms with Gasteiger partial charge >= 0.3 is 5.97 Å². The van der Waals surface area contributed by atoms with Gasteiger partial charge in [-0.05, 0) is 12.5 Å². The van der Waals surface area contributed by atoms with Crippen molar-refractivity contribution in [2.75, 3.05) is 13.7 Å². The molecule has 1 atom stereocenters. The summed E-state index contributed by atoms with van der Waals surface area (Å²) in [6.45, 7) is 1.67. The van der Waals surface area contributed by atoms with E-state index in [9.17, 15) is 14.9 Å². The summed E-state index contributed by atoms with van der Waals surface area (Å²) in [6, 6.07) is 7.37. The lowest BCUT2D eigenvalue weighted by Crippen LogP contribution is -2.17. The highest BCUT2D eigenvalue weighted by Gasteiger charge is 2.21. The topological polar surface area (TPSA) is 69.4 Å². The largest absolute Gasteiger partial charge is 0.469 e. The van der Waals surface area contributed by atoms with Crippen molar-refractivity contribution in [1.82, 2.24) is 0 Å². The zero-order valence-electron chi connectivity index (χ0n) is 9.88. The SMILES string of the molecule is COC(=O)CC(C[N+](=O)[O-])c1ccc(C)cc1. The van der Waals surface area contributed by atoms with E-state index in [4.69, 9.17) is 0 Å². The molecule has 1 aromatic rings. The van der Waals surface area contributed by atoms with E-state index in [0.29, 0.717) is 0 Å². The molecule has 1 rings (SSSR count). The minimum Gasteiger partial charge on any atom is -0.469 e. The smallest absolute Gasteiger partial charge is 0.306 e. The van der Waals surface area contributed by atoms with Crippen LogP contribution < -0.4 is 0 Å². The molecule has 0 radical (unpaired) electrons. The van der Waals surface area contributed by atoms with Crippen LogP contribution in [0.2, 0.25) is 0 Å². The van der Waals surface area contributed by atoms with E-state index in [1.165, 1.54) is 7.11 Å². The Balaban J connectivity index is 2.85. The van der Waals surface area contributed by atoms with Gasteiger partial charge in [0.05, 0.1) is 19.4 Å². The van der Waals surface area contributed by atoms with E-state index in [-0.39, 0.29) is 13.0 Å². The second-order valence-electron chi connectivity index (χ2n) is 3.90. The van der Waals surface area contributed by atoms with E-state index in [1.807, 2.05) is 31.2 Å². The van der Waals surface area contributed by atoms with E-state index in [2.05, 4.69) is 4.74 Å². The number of carbonyl (C=O) groups is 1. The second-order valence-corrected chi connectivity index (χ2v) is 3.90. The Kier molecular flexibility index (Phi) is 4.63. The Hall–Kier alpha value is -1.91.